The predicted molar refractivity (Wildman–Crippen MR) is 108 cm³/mol. The lowest BCUT2D eigenvalue weighted by atomic mass is 10.1. The zero-order valence-corrected chi connectivity index (χ0v) is 16.7. The van der Waals surface area contributed by atoms with Crippen LogP contribution in [0.25, 0.3) is 0 Å². The molecule has 0 saturated carbocycles. The van der Waals surface area contributed by atoms with E-state index < -0.39 is 0 Å². The van der Waals surface area contributed by atoms with Crippen molar-refractivity contribution in [1.82, 2.24) is 14.7 Å². The third kappa shape index (κ3) is 5.01. The Balaban J connectivity index is 1.51. The number of rotatable bonds is 5. The van der Waals surface area contributed by atoms with Crippen LogP contribution in [0.4, 0.5) is 10.5 Å². The van der Waals surface area contributed by atoms with E-state index in [-0.39, 0.29) is 11.9 Å². The van der Waals surface area contributed by atoms with Crippen molar-refractivity contribution in [2.24, 2.45) is 0 Å². The van der Waals surface area contributed by atoms with Gasteiger partial charge in [-0.3, -0.25) is 9.69 Å². The minimum absolute atomic E-state index is 0.0372. The smallest absolute Gasteiger partial charge is 0.321 e. The van der Waals surface area contributed by atoms with Gasteiger partial charge in [0.1, 0.15) is 0 Å². The highest BCUT2D eigenvalue weighted by Gasteiger charge is 2.22. The number of fused-ring (bicyclic) bond motifs is 1. The molecule has 1 aromatic carbocycles. The zero-order chi connectivity index (χ0) is 19.2. The molecule has 1 N–H and O–H groups in total. The Morgan fingerprint density at radius 3 is 2.56 bits per heavy atom. The van der Waals surface area contributed by atoms with Gasteiger partial charge in [-0.15, -0.1) is 0 Å². The Bertz CT molecular complexity index is 672. The molecule has 6 nitrogen and oxygen atoms in total. The molecular formula is C21H32N4O2. The van der Waals surface area contributed by atoms with E-state index in [2.05, 4.69) is 22.3 Å². The molecule has 148 valence electrons. The molecule has 0 bridgehead atoms. The van der Waals surface area contributed by atoms with Crippen molar-refractivity contribution in [1.29, 1.82) is 0 Å². The molecular weight excluding hydrogens is 340 g/mol. The van der Waals surface area contributed by atoms with E-state index in [0.717, 1.165) is 57.7 Å². The van der Waals surface area contributed by atoms with Crippen LogP contribution in [0.2, 0.25) is 0 Å². The van der Waals surface area contributed by atoms with Crippen molar-refractivity contribution in [3.63, 3.8) is 0 Å². The quantitative estimate of drug-likeness (QED) is 0.864. The van der Waals surface area contributed by atoms with Crippen molar-refractivity contribution < 1.29 is 9.59 Å². The number of anilines is 1. The summed E-state index contributed by atoms with van der Waals surface area (Å²) >= 11 is 0. The van der Waals surface area contributed by atoms with Crippen LogP contribution in [-0.4, -0.2) is 72.5 Å². The highest BCUT2D eigenvalue weighted by atomic mass is 16.2. The van der Waals surface area contributed by atoms with E-state index >= 15 is 0 Å². The number of aryl methyl sites for hydroxylation is 2. The fourth-order valence-corrected chi connectivity index (χ4v) is 4.05. The molecule has 0 radical (unpaired) electrons. The second-order valence-electron chi connectivity index (χ2n) is 7.45. The van der Waals surface area contributed by atoms with E-state index in [1.165, 1.54) is 17.5 Å². The van der Waals surface area contributed by atoms with Gasteiger partial charge in [-0.25, -0.2) is 4.79 Å². The molecule has 0 spiro atoms. The molecule has 1 saturated heterocycles. The SMILES string of the molecule is CCN(CC)C(=O)CN1CCCN(C(=O)Nc2ccc3c(c2)CCC3)CC1. The van der Waals surface area contributed by atoms with Gasteiger partial charge in [0.05, 0.1) is 6.54 Å². The minimum Gasteiger partial charge on any atom is -0.342 e. The lowest BCUT2D eigenvalue weighted by Gasteiger charge is -2.25. The molecule has 0 atom stereocenters. The third-order valence-corrected chi connectivity index (χ3v) is 5.70. The van der Waals surface area contributed by atoms with Gasteiger partial charge >= 0.3 is 6.03 Å². The maximum absolute atomic E-state index is 12.7. The maximum Gasteiger partial charge on any atom is 0.321 e. The van der Waals surface area contributed by atoms with Crippen LogP contribution in [0.3, 0.4) is 0 Å². The summed E-state index contributed by atoms with van der Waals surface area (Å²) in [6, 6.07) is 6.23. The first-order chi connectivity index (χ1) is 13.1. The summed E-state index contributed by atoms with van der Waals surface area (Å²) in [6.45, 7) is 8.94. The molecule has 1 aliphatic heterocycles. The normalized spacial score (nSPS) is 17.3. The number of likely N-dealkylation sites (N-methyl/N-ethyl adjacent to an activating group) is 1. The summed E-state index contributed by atoms with van der Waals surface area (Å²) in [5.74, 6) is 0.177. The van der Waals surface area contributed by atoms with Gasteiger partial charge in [0.2, 0.25) is 5.91 Å². The Morgan fingerprint density at radius 2 is 1.78 bits per heavy atom. The highest BCUT2D eigenvalue weighted by molar-refractivity contribution is 5.89. The number of nitrogens with one attached hydrogen (secondary N) is 1. The summed E-state index contributed by atoms with van der Waals surface area (Å²) in [6.07, 6.45) is 4.36. The van der Waals surface area contributed by atoms with Crippen molar-refractivity contribution in [2.45, 2.75) is 39.5 Å². The van der Waals surface area contributed by atoms with Crippen molar-refractivity contribution in [3.8, 4) is 0 Å². The second-order valence-corrected chi connectivity index (χ2v) is 7.45. The van der Waals surface area contributed by atoms with E-state index in [4.69, 9.17) is 0 Å². The van der Waals surface area contributed by atoms with Gasteiger partial charge in [0.25, 0.3) is 0 Å². The molecule has 3 rings (SSSR count). The van der Waals surface area contributed by atoms with Crippen LogP contribution in [0.15, 0.2) is 18.2 Å². The Hall–Kier alpha value is -2.08. The maximum atomic E-state index is 12.7. The number of carbonyl (C=O) groups excluding carboxylic acids is 2. The first-order valence-corrected chi connectivity index (χ1v) is 10.3. The molecule has 0 unspecified atom stereocenters. The summed E-state index contributed by atoms with van der Waals surface area (Å²) in [4.78, 5) is 30.9. The van der Waals surface area contributed by atoms with Crippen LogP contribution in [0.1, 0.15) is 37.8 Å². The topological polar surface area (TPSA) is 55.9 Å². The summed E-state index contributed by atoms with van der Waals surface area (Å²) in [5.41, 5.74) is 3.67. The zero-order valence-electron chi connectivity index (χ0n) is 16.7. The molecule has 1 aromatic rings. The van der Waals surface area contributed by atoms with Gasteiger partial charge < -0.3 is 15.1 Å². The fraction of sp³-hybridized carbons (Fsp3) is 0.619. The minimum atomic E-state index is -0.0372. The summed E-state index contributed by atoms with van der Waals surface area (Å²) in [5, 5.41) is 3.05. The van der Waals surface area contributed by atoms with Crippen molar-refractivity contribution >= 4 is 17.6 Å². The van der Waals surface area contributed by atoms with Crippen molar-refractivity contribution in [3.05, 3.63) is 29.3 Å². The molecule has 2 aliphatic rings. The average Bonchev–Trinajstić information content (AvgIpc) is 3.00. The van der Waals surface area contributed by atoms with E-state index in [0.29, 0.717) is 13.1 Å². The molecule has 1 aliphatic carbocycles. The molecule has 0 aromatic heterocycles. The van der Waals surface area contributed by atoms with Crippen LogP contribution in [-0.2, 0) is 17.6 Å². The van der Waals surface area contributed by atoms with Crippen LogP contribution in [0.5, 0.6) is 0 Å². The average molecular weight is 373 g/mol. The molecule has 3 amide bonds. The molecule has 1 heterocycles. The van der Waals surface area contributed by atoms with Crippen LogP contribution >= 0.6 is 0 Å². The monoisotopic (exact) mass is 372 g/mol. The fourth-order valence-electron chi connectivity index (χ4n) is 4.05. The number of urea groups is 1. The Labute approximate surface area is 162 Å². The number of hydrogen-bond donors (Lipinski definition) is 1. The Kier molecular flexibility index (Phi) is 6.72. The van der Waals surface area contributed by atoms with E-state index in [1.54, 1.807) is 0 Å². The predicted octanol–water partition coefficient (Wildman–Crippen LogP) is 2.58. The molecule has 6 heteroatoms. The number of nitrogens with zero attached hydrogens (tertiary/aromatic N) is 3. The van der Waals surface area contributed by atoms with Gasteiger partial charge in [0.15, 0.2) is 0 Å². The third-order valence-electron chi connectivity index (χ3n) is 5.70. The lowest BCUT2D eigenvalue weighted by Crippen LogP contribution is -2.42. The first-order valence-electron chi connectivity index (χ1n) is 10.3. The van der Waals surface area contributed by atoms with Gasteiger partial charge in [0, 0.05) is 45.0 Å². The highest BCUT2D eigenvalue weighted by Crippen LogP contribution is 2.25. The largest absolute Gasteiger partial charge is 0.342 e. The van der Waals surface area contributed by atoms with Crippen molar-refractivity contribution in [2.75, 3.05) is 51.1 Å². The number of benzene rings is 1. The number of carbonyl (C=O) groups is 2. The van der Waals surface area contributed by atoms with Crippen LogP contribution in [0, 0.1) is 0 Å². The second kappa shape index (κ2) is 9.22. The standard InChI is InChI=1S/C21H32N4O2/c1-3-24(4-2)20(26)16-23-11-6-12-25(14-13-23)21(27)22-19-10-9-17-7-5-8-18(17)15-19/h9-10,15H,3-8,11-14,16H2,1-2H3,(H,22,27). The number of hydrogen-bond acceptors (Lipinski definition) is 3. The van der Waals surface area contributed by atoms with Gasteiger partial charge in [-0.2, -0.15) is 0 Å². The summed E-state index contributed by atoms with van der Waals surface area (Å²) in [7, 11) is 0. The van der Waals surface area contributed by atoms with Crippen LogP contribution < -0.4 is 5.32 Å². The van der Waals surface area contributed by atoms with E-state index in [1.807, 2.05) is 29.7 Å². The molecule has 1 fully saturated rings. The summed E-state index contributed by atoms with van der Waals surface area (Å²) < 4.78 is 0. The first kappa shape index (κ1) is 19.7. The number of amides is 3. The van der Waals surface area contributed by atoms with Gasteiger partial charge in [-0.05, 0) is 62.8 Å². The molecule has 27 heavy (non-hydrogen) atoms. The van der Waals surface area contributed by atoms with Gasteiger partial charge in [-0.1, -0.05) is 6.07 Å². The van der Waals surface area contributed by atoms with E-state index in [9.17, 15) is 9.59 Å². The lowest BCUT2D eigenvalue weighted by molar-refractivity contribution is -0.132. The Morgan fingerprint density at radius 1 is 1.00 bits per heavy atom.